The van der Waals surface area contributed by atoms with E-state index in [9.17, 15) is 5.11 Å². The first-order valence-corrected chi connectivity index (χ1v) is 11.7. The molecule has 3 atom stereocenters. The van der Waals surface area contributed by atoms with Crippen LogP contribution in [0.25, 0.3) is 11.5 Å². The Bertz CT molecular complexity index is 891. The Morgan fingerprint density at radius 2 is 2.00 bits per heavy atom. The first-order chi connectivity index (χ1) is 13.8. The molecule has 2 aromatic rings. The number of para-hydroxylation sites is 1. The molecule has 4 nitrogen and oxygen atoms in total. The lowest BCUT2D eigenvalue weighted by molar-refractivity contribution is -0.0524. The number of phenols is 1. The van der Waals surface area contributed by atoms with E-state index in [1.54, 1.807) is 30.0 Å². The van der Waals surface area contributed by atoms with Gasteiger partial charge in [-0.25, -0.2) is 0 Å². The third kappa shape index (κ3) is 3.86. The second-order valence-corrected chi connectivity index (χ2v) is 10.7. The summed E-state index contributed by atoms with van der Waals surface area (Å²) < 4.78 is 5.79. The highest BCUT2D eigenvalue weighted by Gasteiger charge is 2.52. The number of thioether (sulfide) groups is 1. The molecule has 29 heavy (non-hydrogen) atoms. The molecule has 1 aromatic heterocycles. The van der Waals surface area contributed by atoms with E-state index in [0.717, 1.165) is 24.5 Å². The van der Waals surface area contributed by atoms with Crippen LogP contribution in [0.1, 0.15) is 59.3 Å². The van der Waals surface area contributed by atoms with Crippen LogP contribution in [0.3, 0.4) is 0 Å². The number of allylic oxidation sites excluding steroid dienone is 1. The smallest absolute Gasteiger partial charge is 0.276 e. The van der Waals surface area contributed by atoms with E-state index in [-0.39, 0.29) is 5.75 Å². The molecule has 1 heterocycles. The highest BCUT2D eigenvalue weighted by molar-refractivity contribution is 7.99. The predicted molar refractivity (Wildman–Crippen MR) is 118 cm³/mol. The Morgan fingerprint density at radius 1 is 1.21 bits per heavy atom. The zero-order valence-electron chi connectivity index (χ0n) is 17.8. The number of nitrogens with zero attached hydrogens (tertiary/aromatic N) is 2. The fraction of sp³-hybridized carbons (Fsp3) is 0.583. The van der Waals surface area contributed by atoms with E-state index in [1.165, 1.54) is 31.3 Å². The summed E-state index contributed by atoms with van der Waals surface area (Å²) in [6.45, 7) is 11.9. The highest BCUT2D eigenvalue weighted by atomic mass is 32.2. The summed E-state index contributed by atoms with van der Waals surface area (Å²) in [7, 11) is 0. The average Bonchev–Trinajstić information content (AvgIpc) is 3.12. The lowest BCUT2D eigenvalue weighted by atomic mass is 9.47. The zero-order valence-corrected chi connectivity index (χ0v) is 18.6. The van der Waals surface area contributed by atoms with Crippen molar-refractivity contribution in [2.45, 2.75) is 64.5 Å². The number of hydrogen-bond acceptors (Lipinski definition) is 5. The molecule has 2 aliphatic carbocycles. The van der Waals surface area contributed by atoms with Crippen molar-refractivity contribution in [1.82, 2.24) is 10.2 Å². The van der Waals surface area contributed by atoms with Gasteiger partial charge in [-0.05, 0) is 66.9 Å². The van der Waals surface area contributed by atoms with E-state index in [4.69, 9.17) is 4.42 Å². The number of fused-ring (bicyclic) bond motifs is 1. The van der Waals surface area contributed by atoms with Crippen molar-refractivity contribution in [3.8, 4) is 17.2 Å². The molecule has 2 aliphatic rings. The van der Waals surface area contributed by atoms with Crippen LogP contribution in [0.5, 0.6) is 5.75 Å². The summed E-state index contributed by atoms with van der Waals surface area (Å²) in [4.78, 5) is 0. The molecule has 4 rings (SSSR count). The normalized spacial score (nSPS) is 28.9. The molecule has 0 saturated heterocycles. The molecule has 1 aromatic carbocycles. The molecule has 0 spiro atoms. The van der Waals surface area contributed by atoms with Gasteiger partial charge in [0.15, 0.2) is 0 Å². The third-order valence-corrected chi connectivity index (χ3v) is 8.34. The Hall–Kier alpha value is -1.75. The van der Waals surface area contributed by atoms with Gasteiger partial charge in [-0.1, -0.05) is 63.2 Å². The van der Waals surface area contributed by atoms with Gasteiger partial charge in [-0.3, -0.25) is 0 Å². The molecule has 0 bridgehead atoms. The van der Waals surface area contributed by atoms with Crippen molar-refractivity contribution in [2.24, 2.45) is 22.7 Å². The third-order valence-electron chi connectivity index (χ3n) is 7.49. The lowest BCUT2D eigenvalue weighted by Crippen LogP contribution is -2.49. The molecule has 1 unspecified atom stereocenters. The summed E-state index contributed by atoms with van der Waals surface area (Å²) >= 11 is 1.61. The van der Waals surface area contributed by atoms with Crippen LogP contribution in [0, 0.1) is 22.7 Å². The maximum atomic E-state index is 9.99. The van der Waals surface area contributed by atoms with Gasteiger partial charge in [0.2, 0.25) is 0 Å². The summed E-state index contributed by atoms with van der Waals surface area (Å²) in [5, 5.41) is 18.8. The fourth-order valence-corrected chi connectivity index (χ4v) is 6.87. The number of hydrogen-bond donors (Lipinski definition) is 1. The molecule has 2 saturated carbocycles. The SMILES string of the molecule is C=C1CCC2C(C)(C)CCC[C@]2(C)[C@H]1CCSc1nnc(-c2ccccc2O)o1. The van der Waals surface area contributed by atoms with Gasteiger partial charge in [0.1, 0.15) is 5.75 Å². The highest BCUT2D eigenvalue weighted by Crippen LogP contribution is 2.61. The van der Waals surface area contributed by atoms with Crippen molar-refractivity contribution in [3.63, 3.8) is 0 Å². The molecule has 2 fully saturated rings. The van der Waals surface area contributed by atoms with Crippen LogP contribution in [-0.2, 0) is 0 Å². The minimum atomic E-state index is 0.157. The first-order valence-electron chi connectivity index (χ1n) is 10.7. The van der Waals surface area contributed by atoms with E-state index in [0.29, 0.717) is 33.4 Å². The zero-order chi connectivity index (χ0) is 20.6. The molecular formula is C24H32N2O2S. The topological polar surface area (TPSA) is 59.2 Å². The molecule has 5 heteroatoms. The lowest BCUT2D eigenvalue weighted by Gasteiger charge is -2.58. The monoisotopic (exact) mass is 412 g/mol. The van der Waals surface area contributed by atoms with Crippen LogP contribution in [0.2, 0.25) is 0 Å². The fourth-order valence-electron chi connectivity index (χ4n) is 6.10. The van der Waals surface area contributed by atoms with Gasteiger partial charge < -0.3 is 9.52 Å². The maximum Gasteiger partial charge on any atom is 0.276 e. The van der Waals surface area contributed by atoms with Crippen LogP contribution < -0.4 is 0 Å². The second-order valence-electron chi connectivity index (χ2n) is 9.68. The van der Waals surface area contributed by atoms with Gasteiger partial charge in [0, 0.05) is 5.75 Å². The van der Waals surface area contributed by atoms with E-state index in [1.807, 2.05) is 6.07 Å². The molecular weight excluding hydrogens is 380 g/mol. The number of rotatable bonds is 5. The Labute approximate surface area is 178 Å². The molecule has 0 amide bonds. The summed E-state index contributed by atoms with van der Waals surface area (Å²) in [5.41, 5.74) is 2.79. The second kappa shape index (κ2) is 7.82. The number of aromatic nitrogens is 2. The maximum absolute atomic E-state index is 9.99. The molecule has 156 valence electrons. The van der Waals surface area contributed by atoms with Crippen LogP contribution >= 0.6 is 11.8 Å². The number of benzene rings is 1. The molecule has 1 N–H and O–H groups in total. The van der Waals surface area contributed by atoms with E-state index < -0.39 is 0 Å². The van der Waals surface area contributed by atoms with Crippen molar-refractivity contribution >= 4 is 11.8 Å². The largest absolute Gasteiger partial charge is 0.507 e. The molecule has 0 aliphatic heterocycles. The van der Waals surface area contributed by atoms with E-state index >= 15 is 0 Å². The van der Waals surface area contributed by atoms with Gasteiger partial charge in [-0.15, -0.1) is 10.2 Å². The first kappa shape index (κ1) is 20.5. The number of phenolic OH excluding ortho intramolecular Hbond substituents is 1. The van der Waals surface area contributed by atoms with Crippen molar-refractivity contribution in [2.75, 3.05) is 5.75 Å². The Kier molecular flexibility index (Phi) is 5.54. The van der Waals surface area contributed by atoms with Gasteiger partial charge >= 0.3 is 0 Å². The summed E-state index contributed by atoms with van der Waals surface area (Å²) in [6.07, 6.45) is 7.54. The minimum absolute atomic E-state index is 0.157. The summed E-state index contributed by atoms with van der Waals surface area (Å²) in [6, 6.07) is 7.05. The summed E-state index contributed by atoms with van der Waals surface area (Å²) in [5.74, 6) is 2.81. The standard InChI is InChI=1S/C24H32N2O2S/c1-16-10-11-20-23(2,3)13-7-14-24(20,4)18(16)12-15-29-22-26-25-21(28-22)17-8-5-6-9-19(17)27/h5-6,8-9,18,20,27H,1,7,10-15H2,2-4H3/t18-,20?,24+/m0/s1. The van der Waals surface area contributed by atoms with Crippen LogP contribution in [0.15, 0.2) is 46.1 Å². The van der Waals surface area contributed by atoms with Gasteiger partial charge in [-0.2, -0.15) is 0 Å². The van der Waals surface area contributed by atoms with Gasteiger partial charge in [0.05, 0.1) is 5.56 Å². The number of aromatic hydroxyl groups is 1. The molecule has 0 radical (unpaired) electrons. The van der Waals surface area contributed by atoms with Gasteiger partial charge in [0.25, 0.3) is 11.1 Å². The minimum Gasteiger partial charge on any atom is -0.507 e. The van der Waals surface area contributed by atoms with Crippen molar-refractivity contribution in [3.05, 3.63) is 36.4 Å². The Balaban J connectivity index is 1.42. The quantitative estimate of drug-likeness (QED) is 0.436. The average molecular weight is 413 g/mol. The van der Waals surface area contributed by atoms with Crippen LogP contribution in [0.4, 0.5) is 0 Å². The predicted octanol–water partition coefficient (Wildman–Crippen LogP) is 6.72. The van der Waals surface area contributed by atoms with Crippen LogP contribution in [-0.4, -0.2) is 21.1 Å². The van der Waals surface area contributed by atoms with Crippen molar-refractivity contribution < 1.29 is 9.52 Å². The Morgan fingerprint density at radius 3 is 2.79 bits per heavy atom. The van der Waals surface area contributed by atoms with E-state index in [2.05, 4.69) is 37.5 Å². The van der Waals surface area contributed by atoms with Crippen molar-refractivity contribution in [1.29, 1.82) is 0 Å².